The van der Waals surface area contributed by atoms with Gasteiger partial charge < -0.3 is 5.11 Å². The first-order valence-corrected chi connectivity index (χ1v) is 8.21. The van der Waals surface area contributed by atoms with E-state index >= 15 is 0 Å². The van der Waals surface area contributed by atoms with Crippen LogP contribution in [0.5, 0.6) is 5.75 Å². The molecule has 2 aromatic rings. The van der Waals surface area contributed by atoms with E-state index in [9.17, 15) is 9.90 Å². The van der Waals surface area contributed by atoms with E-state index in [1.165, 1.54) is 23.3 Å². The maximum Gasteiger partial charge on any atom is 0.281 e. The van der Waals surface area contributed by atoms with Crippen LogP contribution in [0.15, 0.2) is 35.4 Å². The molecule has 5 heteroatoms. The van der Waals surface area contributed by atoms with Gasteiger partial charge in [-0.2, -0.15) is 5.10 Å². The molecule has 22 heavy (non-hydrogen) atoms. The molecule has 0 saturated carbocycles. The summed E-state index contributed by atoms with van der Waals surface area (Å²) in [6, 6.07) is 8.93. The Bertz CT molecular complexity index is 711. The zero-order valence-electron chi connectivity index (χ0n) is 12.4. The van der Waals surface area contributed by atoms with Gasteiger partial charge in [0.1, 0.15) is 5.75 Å². The molecule has 3 rings (SSSR count). The van der Waals surface area contributed by atoms with Gasteiger partial charge in [-0.15, -0.1) is 11.3 Å². The topological polar surface area (TPSA) is 61.7 Å². The van der Waals surface area contributed by atoms with Crippen molar-refractivity contribution in [3.05, 3.63) is 51.2 Å². The lowest BCUT2D eigenvalue weighted by Gasteiger charge is -2.08. The number of carbonyl (C=O) groups is 1. The maximum absolute atomic E-state index is 12.2. The first-order valence-electron chi connectivity index (χ1n) is 7.40. The lowest BCUT2D eigenvalue weighted by Crippen LogP contribution is -2.18. The third-order valence-corrected chi connectivity index (χ3v) is 5.08. The predicted molar refractivity (Wildman–Crippen MR) is 88.7 cm³/mol. The number of thiophene rings is 1. The molecule has 1 aliphatic rings. The molecule has 0 unspecified atom stereocenters. The zero-order valence-corrected chi connectivity index (χ0v) is 13.2. The number of phenols is 1. The highest BCUT2D eigenvalue weighted by molar-refractivity contribution is 7.14. The predicted octanol–water partition coefficient (Wildman–Crippen LogP) is 3.49. The van der Waals surface area contributed by atoms with Crippen LogP contribution < -0.4 is 5.43 Å². The van der Waals surface area contributed by atoms with Crippen LogP contribution in [-0.2, 0) is 12.8 Å². The Kier molecular flexibility index (Phi) is 4.24. The molecule has 1 amide bonds. The fraction of sp³-hybridized carbons (Fsp3) is 0.294. The van der Waals surface area contributed by atoms with E-state index < -0.39 is 0 Å². The van der Waals surface area contributed by atoms with Gasteiger partial charge in [0.05, 0.1) is 10.6 Å². The number of amides is 1. The molecule has 2 N–H and O–H groups in total. The Morgan fingerprint density at radius 3 is 2.82 bits per heavy atom. The number of hydrazone groups is 1. The summed E-state index contributed by atoms with van der Waals surface area (Å²) >= 11 is 1.56. The van der Waals surface area contributed by atoms with Crippen LogP contribution in [0, 0.1) is 0 Å². The first kappa shape index (κ1) is 14.8. The number of nitrogens with one attached hydrogen (secondary N) is 1. The number of nitrogens with zero attached hydrogens (tertiary/aromatic N) is 1. The number of fused-ring (bicyclic) bond motifs is 1. The van der Waals surface area contributed by atoms with Gasteiger partial charge in [0.2, 0.25) is 0 Å². The van der Waals surface area contributed by atoms with Gasteiger partial charge in [0.15, 0.2) is 0 Å². The highest BCUT2D eigenvalue weighted by Crippen LogP contribution is 2.29. The number of aryl methyl sites for hydroxylation is 2. The molecule has 1 aromatic carbocycles. The van der Waals surface area contributed by atoms with E-state index in [-0.39, 0.29) is 11.7 Å². The smallest absolute Gasteiger partial charge is 0.281 e. The van der Waals surface area contributed by atoms with Crippen LogP contribution in [-0.4, -0.2) is 16.7 Å². The molecule has 4 nitrogen and oxygen atoms in total. The lowest BCUT2D eigenvalue weighted by molar-refractivity contribution is 0.0959. The summed E-state index contributed by atoms with van der Waals surface area (Å²) in [6.45, 7) is 1.76. The number of hydrogen-bond donors (Lipinski definition) is 2. The van der Waals surface area contributed by atoms with Crippen molar-refractivity contribution < 1.29 is 9.90 Å². The Hall–Kier alpha value is -2.14. The summed E-state index contributed by atoms with van der Waals surface area (Å²) in [5.74, 6) is -0.0289. The first-order chi connectivity index (χ1) is 10.6. The molecular formula is C17H18N2O2S. The van der Waals surface area contributed by atoms with Crippen molar-refractivity contribution in [1.82, 2.24) is 5.43 Å². The average Bonchev–Trinajstić information content (AvgIpc) is 2.97. The van der Waals surface area contributed by atoms with E-state index in [4.69, 9.17) is 0 Å². The monoisotopic (exact) mass is 314 g/mol. The minimum Gasteiger partial charge on any atom is -0.507 e. The number of para-hydroxylation sites is 1. The van der Waals surface area contributed by atoms with Crippen molar-refractivity contribution in [3.8, 4) is 5.75 Å². The average molecular weight is 314 g/mol. The zero-order chi connectivity index (χ0) is 15.5. The fourth-order valence-electron chi connectivity index (χ4n) is 2.63. The number of phenolic OH excluding ortho intramolecular Hbond substituents is 1. The molecule has 1 aliphatic carbocycles. The Labute approximate surface area is 133 Å². The highest BCUT2D eigenvalue weighted by Gasteiger charge is 2.17. The number of carbonyl (C=O) groups excluding carboxylic acids is 1. The van der Waals surface area contributed by atoms with Crippen molar-refractivity contribution in [2.75, 3.05) is 0 Å². The van der Waals surface area contributed by atoms with Crippen LogP contribution >= 0.6 is 11.3 Å². The second-order valence-electron chi connectivity index (χ2n) is 5.42. The van der Waals surface area contributed by atoms with Gasteiger partial charge in [-0.3, -0.25) is 4.79 Å². The van der Waals surface area contributed by atoms with E-state index in [0.29, 0.717) is 16.2 Å². The summed E-state index contributed by atoms with van der Waals surface area (Å²) in [6.07, 6.45) is 4.56. The second-order valence-corrected chi connectivity index (χ2v) is 6.56. The molecule has 0 bridgehead atoms. The Morgan fingerprint density at radius 1 is 1.27 bits per heavy atom. The number of hydrogen-bond acceptors (Lipinski definition) is 4. The van der Waals surface area contributed by atoms with Crippen molar-refractivity contribution in [1.29, 1.82) is 0 Å². The molecule has 0 aliphatic heterocycles. The third-order valence-electron chi connectivity index (χ3n) is 3.84. The number of benzene rings is 1. The van der Waals surface area contributed by atoms with E-state index in [2.05, 4.69) is 10.5 Å². The van der Waals surface area contributed by atoms with Crippen LogP contribution in [0.4, 0.5) is 0 Å². The molecule has 0 saturated heterocycles. The molecule has 0 spiro atoms. The minimum absolute atomic E-state index is 0.157. The second kappa shape index (κ2) is 6.32. The van der Waals surface area contributed by atoms with Crippen LogP contribution in [0.25, 0.3) is 0 Å². The van der Waals surface area contributed by atoms with Crippen molar-refractivity contribution >= 4 is 23.0 Å². The van der Waals surface area contributed by atoms with Crippen molar-refractivity contribution in [2.24, 2.45) is 5.10 Å². The molecule has 114 valence electrons. The molecule has 1 aromatic heterocycles. The summed E-state index contributed by atoms with van der Waals surface area (Å²) in [7, 11) is 0. The van der Waals surface area contributed by atoms with Crippen LogP contribution in [0.3, 0.4) is 0 Å². The molecule has 1 heterocycles. The summed E-state index contributed by atoms with van der Waals surface area (Å²) in [5, 5.41) is 13.9. The van der Waals surface area contributed by atoms with Crippen LogP contribution in [0.2, 0.25) is 0 Å². The summed E-state index contributed by atoms with van der Waals surface area (Å²) in [5.41, 5.74) is 5.09. The van der Waals surface area contributed by atoms with Gasteiger partial charge in [-0.1, -0.05) is 12.1 Å². The highest BCUT2D eigenvalue weighted by atomic mass is 32.1. The van der Waals surface area contributed by atoms with E-state index in [1.807, 2.05) is 12.1 Å². The van der Waals surface area contributed by atoms with Crippen LogP contribution in [0.1, 0.15) is 45.4 Å². The maximum atomic E-state index is 12.2. The Balaban J connectivity index is 1.73. The minimum atomic E-state index is -0.186. The van der Waals surface area contributed by atoms with E-state index in [0.717, 1.165) is 12.8 Å². The fourth-order valence-corrected chi connectivity index (χ4v) is 3.78. The van der Waals surface area contributed by atoms with Gasteiger partial charge in [-0.05, 0) is 56.4 Å². The molecule has 0 fully saturated rings. The van der Waals surface area contributed by atoms with Crippen molar-refractivity contribution in [2.45, 2.75) is 32.6 Å². The van der Waals surface area contributed by atoms with Gasteiger partial charge in [-0.25, -0.2) is 5.43 Å². The molecular weight excluding hydrogens is 296 g/mol. The largest absolute Gasteiger partial charge is 0.507 e. The third kappa shape index (κ3) is 3.04. The lowest BCUT2D eigenvalue weighted by atomic mass is 9.99. The number of aromatic hydroxyl groups is 1. The van der Waals surface area contributed by atoms with Gasteiger partial charge >= 0.3 is 0 Å². The quantitative estimate of drug-likeness (QED) is 0.673. The number of rotatable bonds is 3. The summed E-state index contributed by atoms with van der Waals surface area (Å²) < 4.78 is 0. The normalized spacial score (nSPS) is 14.5. The molecule has 0 atom stereocenters. The van der Waals surface area contributed by atoms with E-state index in [1.54, 1.807) is 36.5 Å². The van der Waals surface area contributed by atoms with Crippen molar-refractivity contribution in [3.63, 3.8) is 0 Å². The standard InChI is InChI=1S/C17H18N2O2S/c1-11(13-7-3-4-8-14(13)20)18-19-17(21)16-10-12-6-2-5-9-15(12)22-16/h3-4,7-8,10,20H,2,5-6,9H2,1H3,(H,19,21)/b18-11+. The SMILES string of the molecule is C/C(=N\NC(=O)c1cc2c(s1)CCCC2)c1ccccc1O. The molecule has 0 radical (unpaired) electrons. The van der Waals surface area contributed by atoms with Gasteiger partial charge in [0, 0.05) is 10.4 Å². The van der Waals surface area contributed by atoms with Gasteiger partial charge in [0.25, 0.3) is 5.91 Å². The summed E-state index contributed by atoms with van der Waals surface area (Å²) in [4.78, 5) is 14.3. The Morgan fingerprint density at radius 2 is 2.05 bits per heavy atom.